The molecule has 3 aromatic rings. The summed E-state index contributed by atoms with van der Waals surface area (Å²) in [7, 11) is 0. The molecule has 2 nitrogen and oxygen atoms in total. The van der Waals surface area contributed by atoms with Crippen LogP contribution in [0.25, 0.3) is 22.4 Å². The molecule has 92 valence electrons. The molecule has 0 bridgehead atoms. The molecular weight excluding hydrogens is 256 g/mol. The van der Waals surface area contributed by atoms with E-state index in [-0.39, 0.29) is 0 Å². The lowest BCUT2D eigenvalue weighted by molar-refractivity contribution is 1.04. The highest BCUT2D eigenvalue weighted by Crippen LogP contribution is 2.30. The van der Waals surface area contributed by atoms with E-state index in [1.165, 1.54) is 0 Å². The summed E-state index contributed by atoms with van der Waals surface area (Å²) in [6.07, 6.45) is 0. The summed E-state index contributed by atoms with van der Waals surface area (Å²) in [5, 5.41) is 8.60. The molecule has 0 aliphatic carbocycles. The van der Waals surface area contributed by atoms with Crippen molar-refractivity contribution in [1.82, 2.24) is 10.2 Å². The third-order valence-corrected chi connectivity index (χ3v) is 3.08. The van der Waals surface area contributed by atoms with Gasteiger partial charge in [0.05, 0.1) is 0 Å². The Morgan fingerprint density at radius 1 is 0.684 bits per heavy atom. The van der Waals surface area contributed by atoms with Crippen molar-refractivity contribution in [2.45, 2.75) is 0 Å². The quantitative estimate of drug-likeness (QED) is 0.684. The first kappa shape index (κ1) is 11.9. The van der Waals surface area contributed by atoms with E-state index in [1.54, 1.807) is 0 Å². The van der Waals surface area contributed by atoms with Crippen molar-refractivity contribution in [3.8, 4) is 22.4 Å². The number of nitrogens with zero attached hydrogens (tertiary/aromatic N) is 2. The van der Waals surface area contributed by atoms with Gasteiger partial charge in [-0.05, 0) is 11.6 Å². The van der Waals surface area contributed by atoms with Crippen LogP contribution in [0.2, 0.25) is 5.15 Å². The fourth-order valence-corrected chi connectivity index (χ4v) is 2.16. The van der Waals surface area contributed by atoms with Gasteiger partial charge >= 0.3 is 0 Å². The Balaban J connectivity index is 2.21. The van der Waals surface area contributed by atoms with Gasteiger partial charge in [0.2, 0.25) is 0 Å². The summed E-state index contributed by atoms with van der Waals surface area (Å²) in [6, 6.07) is 21.9. The molecule has 3 heteroatoms. The van der Waals surface area contributed by atoms with Crippen LogP contribution in [0.3, 0.4) is 0 Å². The summed E-state index contributed by atoms with van der Waals surface area (Å²) in [6.45, 7) is 0. The zero-order valence-corrected chi connectivity index (χ0v) is 10.9. The predicted molar refractivity (Wildman–Crippen MR) is 77.9 cm³/mol. The van der Waals surface area contributed by atoms with Crippen molar-refractivity contribution in [3.63, 3.8) is 0 Å². The van der Waals surface area contributed by atoms with Gasteiger partial charge in [-0.2, -0.15) is 0 Å². The molecule has 2 aromatic carbocycles. The number of hydrogen-bond acceptors (Lipinski definition) is 2. The molecule has 0 aliphatic heterocycles. The Labute approximate surface area is 116 Å². The van der Waals surface area contributed by atoms with Crippen molar-refractivity contribution in [1.29, 1.82) is 0 Å². The van der Waals surface area contributed by atoms with Gasteiger partial charge in [0, 0.05) is 11.1 Å². The molecule has 19 heavy (non-hydrogen) atoms. The van der Waals surface area contributed by atoms with E-state index in [1.807, 2.05) is 66.7 Å². The molecule has 0 fully saturated rings. The molecular formula is C16H11ClN2. The minimum atomic E-state index is 0.401. The molecule has 0 saturated carbocycles. The van der Waals surface area contributed by atoms with Gasteiger partial charge in [0.1, 0.15) is 5.69 Å². The van der Waals surface area contributed by atoms with Gasteiger partial charge in [-0.15, -0.1) is 10.2 Å². The van der Waals surface area contributed by atoms with Crippen LogP contribution in [-0.2, 0) is 0 Å². The van der Waals surface area contributed by atoms with Crippen LogP contribution >= 0.6 is 11.6 Å². The van der Waals surface area contributed by atoms with Crippen molar-refractivity contribution in [2.24, 2.45) is 0 Å². The fourth-order valence-electron chi connectivity index (χ4n) is 2.01. The number of benzene rings is 2. The van der Waals surface area contributed by atoms with E-state index in [0.29, 0.717) is 5.15 Å². The topological polar surface area (TPSA) is 25.8 Å². The third-order valence-electron chi connectivity index (χ3n) is 2.90. The highest BCUT2D eigenvalue weighted by Gasteiger charge is 2.10. The van der Waals surface area contributed by atoms with Gasteiger partial charge in [0.25, 0.3) is 0 Å². The van der Waals surface area contributed by atoms with Crippen LogP contribution < -0.4 is 0 Å². The van der Waals surface area contributed by atoms with Crippen molar-refractivity contribution < 1.29 is 0 Å². The van der Waals surface area contributed by atoms with Crippen LogP contribution in [0.15, 0.2) is 66.7 Å². The first-order chi connectivity index (χ1) is 9.34. The minimum Gasteiger partial charge on any atom is -0.148 e. The molecule has 3 rings (SSSR count). The fraction of sp³-hybridized carbons (Fsp3) is 0. The minimum absolute atomic E-state index is 0.401. The van der Waals surface area contributed by atoms with E-state index in [0.717, 1.165) is 22.4 Å². The zero-order valence-electron chi connectivity index (χ0n) is 10.1. The van der Waals surface area contributed by atoms with E-state index in [9.17, 15) is 0 Å². The highest BCUT2D eigenvalue weighted by molar-refractivity contribution is 6.29. The lowest BCUT2D eigenvalue weighted by Crippen LogP contribution is -1.92. The molecule has 0 amide bonds. The first-order valence-electron chi connectivity index (χ1n) is 5.98. The van der Waals surface area contributed by atoms with Crippen LogP contribution in [-0.4, -0.2) is 10.2 Å². The van der Waals surface area contributed by atoms with Gasteiger partial charge < -0.3 is 0 Å². The maximum Gasteiger partial charge on any atom is 0.152 e. The maximum absolute atomic E-state index is 5.98. The SMILES string of the molecule is Clc1cc(-c2ccccc2)c(-c2ccccc2)nn1. The zero-order chi connectivity index (χ0) is 13.1. The summed E-state index contributed by atoms with van der Waals surface area (Å²) in [5.74, 6) is 0. The predicted octanol–water partition coefficient (Wildman–Crippen LogP) is 4.46. The second kappa shape index (κ2) is 5.21. The van der Waals surface area contributed by atoms with Crippen molar-refractivity contribution >= 4 is 11.6 Å². The smallest absolute Gasteiger partial charge is 0.148 e. The van der Waals surface area contributed by atoms with Crippen LogP contribution in [0, 0.1) is 0 Å². The van der Waals surface area contributed by atoms with Gasteiger partial charge in [0.15, 0.2) is 5.15 Å². The van der Waals surface area contributed by atoms with Crippen LogP contribution in [0.4, 0.5) is 0 Å². The number of rotatable bonds is 2. The average molecular weight is 267 g/mol. The van der Waals surface area contributed by atoms with Crippen LogP contribution in [0.1, 0.15) is 0 Å². The molecule has 0 atom stereocenters. The summed E-state index contributed by atoms with van der Waals surface area (Å²) in [5.41, 5.74) is 3.95. The highest BCUT2D eigenvalue weighted by atomic mass is 35.5. The summed E-state index contributed by atoms with van der Waals surface area (Å²) < 4.78 is 0. The average Bonchev–Trinajstić information content (AvgIpc) is 2.49. The van der Waals surface area contributed by atoms with E-state index < -0.39 is 0 Å². The van der Waals surface area contributed by atoms with E-state index in [2.05, 4.69) is 10.2 Å². The Kier molecular flexibility index (Phi) is 3.25. The molecule has 0 saturated heterocycles. The molecule has 0 unspecified atom stereocenters. The number of hydrogen-bond donors (Lipinski definition) is 0. The first-order valence-corrected chi connectivity index (χ1v) is 6.36. The number of halogens is 1. The Bertz CT molecular complexity index is 682. The second-order valence-corrected chi connectivity index (χ2v) is 4.55. The van der Waals surface area contributed by atoms with Crippen molar-refractivity contribution in [2.75, 3.05) is 0 Å². The number of aromatic nitrogens is 2. The Hall–Kier alpha value is -2.19. The summed E-state index contributed by atoms with van der Waals surface area (Å²) in [4.78, 5) is 0. The Morgan fingerprint density at radius 3 is 1.89 bits per heavy atom. The Morgan fingerprint density at radius 2 is 1.26 bits per heavy atom. The second-order valence-electron chi connectivity index (χ2n) is 4.16. The van der Waals surface area contributed by atoms with Crippen molar-refractivity contribution in [3.05, 3.63) is 71.9 Å². The molecule has 0 spiro atoms. The molecule has 0 N–H and O–H groups in total. The molecule has 0 radical (unpaired) electrons. The normalized spacial score (nSPS) is 10.4. The maximum atomic E-state index is 5.98. The van der Waals surface area contributed by atoms with Crippen LogP contribution in [0.5, 0.6) is 0 Å². The largest absolute Gasteiger partial charge is 0.152 e. The van der Waals surface area contributed by atoms with Gasteiger partial charge in [-0.1, -0.05) is 72.3 Å². The summed E-state index contributed by atoms with van der Waals surface area (Å²) >= 11 is 5.98. The van der Waals surface area contributed by atoms with Gasteiger partial charge in [-0.25, -0.2) is 0 Å². The van der Waals surface area contributed by atoms with E-state index in [4.69, 9.17) is 11.6 Å². The third kappa shape index (κ3) is 2.49. The van der Waals surface area contributed by atoms with E-state index >= 15 is 0 Å². The lowest BCUT2D eigenvalue weighted by Gasteiger charge is -2.08. The molecule has 1 aromatic heterocycles. The van der Waals surface area contributed by atoms with Gasteiger partial charge in [-0.3, -0.25) is 0 Å². The molecule has 1 heterocycles. The molecule has 0 aliphatic rings. The lowest BCUT2D eigenvalue weighted by atomic mass is 10.0. The monoisotopic (exact) mass is 266 g/mol. The standard InChI is InChI=1S/C16H11ClN2/c17-15-11-14(12-7-3-1-4-8-12)16(19-18-15)13-9-5-2-6-10-13/h1-11H.